The highest BCUT2D eigenvalue weighted by Gasteiger charge is 2.26. The Hall–Kier alpha value is -1.95. The van der Waals surface area contributed by atoms with Gasteiger partial charge < -0.3 is 10.5 Å². The first-order valence-corrected chi connectivity index (χ1v) is 6.48. The second kappa shape index (κ2) is 4.97. The highest BCUT2D eigenvalue weighted by molar-refractivity contribution is 5.70. The van der Waals surface area contributed by atoms with E-state index in [9.17, 15) is 0 Å². The molecule has 3 rings (SSSR count). The number of aromatic nitrogens is 4. The van der Waals surface area contributed by atoms with E-state index in [1.54, 1.807) is 0 Å². The summed E-state index contributed by atoms with van der Waals surface area (Å²) in [6.45, 7) is 3.67. The number of ether oxygens (including phenoxy) is 1. The first-order valence-electron chi connectivity index (χ1n) is 6.48. The van der Waals surface area contributed by atoms with Gasteiger partial charge in [-0.2, -0.15) is 0 Å². The van der Waals surface area contributed by atoms with Crippen molar-refractivity contribution in [3.8, 4) is 11.4 Å². The summed E-state index contributed by atoms with van der Waals surface area (Å²) in [6.07, 6.45) is 1.30. The van der Waals surface area contributed by atoms with Gasteiger partial charge in [-0.3, -0.25) is 0 Å². The summed E-state index contributed by atoms with van der Waals surface area (Å²) < 4.78 is 7.40. The number of rotatable bonds is 3. The Morgan fingerprint density at radius 2 is 2.26 bits per heavy atom. The first-order chi connectivity index (χ1) is 9.25. The molecule has 0 radical (unpaired) electrons. The van der Waals surface area contributed by atoms with Gasteiger partial charge in [-0.25, -0.2) is 4.68 Å². The molecule has 1 fully saturated rings. The summed E-state index contributed by atoms with van der Waals surface area (Å²) in [6, 6.07) is 7.63. The minimum absolute atomic E-state index is 0.255. The molecule has 1 aromatic carbocycles. The van der Waals surface area contributed by atoms with Gasteiger partial charge in [0.1, 0.15) is 0 Å². The zero-order valence-corrected chi connectivity index (χ0v) is 10.9. The third-order valence-corrected chi connectivity index (χ3v) is 3.67. The number of nitrogens with two attached hydrogens (primary N) is 1. The van der Waals surface area contributed by atoms with E-state index < -0.39 is 0 Å². The molecule has 1 aliphatic heterocycles. The molecule has 1 aromatic heterocycles. The smallest absolute Gasteiger partial charge is 0.184 e. The zero-order chi connectivity index (χ0) is 13.2. The molecular formula is C13H17N5O. The number of benzene rings is 1. The molecule has 2 unspecified atom stereocenters. The lowest BCUT2D eigenvalue weighted by Crippen LogP contribution is -2.19. The number of tetrazole rings is 1. The van der Waals surface area contributed by atoms with Crippen molar-refractivity contribution in [3.05, 3.63) is 24.3 Å². The fraction of sp³-hybridized carbons (Fsp3) is 0.462. The summed E-state index contributed by atoms with van der Waals surface area (Å²) in [4.78, 5) is 0. The number of para-hydroxylation sites is 1. The van der Waals surface area contributed by atoms with Crippen LogP contribution in [-0.2, 0) is 11.3 Å². The van der Waals surface area contributed by atoms with Crippen molar-refractivity contribution >= 4 is 5.69 Å². The van der Waals surface area contributed by atoms with E-state index in [0.29, 0.717) is 11.6 Å². The molecule has 0 amide bonds. The third kappa shape index (κ3) is 2.31. The predicted molar refractivity (Wildman–Crippen MR) is 71.2 cm³/mol. The van der Waals surface area contributed by atoms with Crippen molar-refractivity contribution in [1.82, 2.24) is 20.2 Å². The van der Waals surface area contributed by atoms with Gasteiger partial charge in [0.2, 0.25) is 0 Å². The Morgan fingerprint density at radius 1 is 1.42 bits per heavy atom. The summed E-state index contributed by atoms with van der Waals surface area (Å²) in [5.74, 6) is 1.17. The lowest BCUT2D eigenvalue weighted by atomic mass is 10.0. The topological polar surface area (TPSA) is 78.8 Å². The minimum atomic E-state index is 0.255. The molecule has 100 valence electrons. The van der Waals surface area contributed by atoms with Crippen LogP contribution in [0.3, 0.4) is 0 Å². The van der Waals surface area contributed by atoms with Crippen LogP contribution < -0.4 is 5.73 Å². The summed E-state index contributed by atoms with van der Waals surface area (Å²) >= 11 is 0. The van der Waals surface area contributed by atoms with Crippen molar-refractivity contribution in [3.63, 3.8) is 0 Å². The maximum absolute atomic E-state index is 5.98. The van der Waals surface area contributed by atoms with Crippen LogP contribution in [0.4, 0.5) is 5.69 Å². The Balaban J connectivity index is 1.88. The fourth-order valence-electron chi connectivity index (χ4n) is 2.46. The summed E-state index contributed by atoms with van der Waals surface area (Å²) in [5, 5.41) is 11.9. The standard InChI is InChI=1S/C13H17N5O/c1-9-10(6-7-19-9)8-18-13(15-16-17-18)11-4-2-3-5-12(11)14/h2-5,9-10H,6-8,14H2,1H3. The molecule has 2 heterocycles. The van der Waals surface area contributed by atoms with Gasteiger partial charge in [-0.1, -0.05) is 12.1 Å². The molecule has 0 saturated carbocycles. The lowest BCUT2D eigenvalue weighted by Gasteiger charge is -2.14. The van der Waals surface area contributed by atoms with E-state index in [1.165, 1.54) is 0 Å². The Bertz CT molecular complexity index is 568. The van der Waals surface area contributed by atoms with Crippen LogP contribution in [0.2, 0.25) is 0 Å². The van der Waals surface area contributed by atoms with Gasteiger partial charge in [0.05, 0.1) is 12.6 Å². The molecule has 0 spiro atoms. The Morgan fingerprint density at radius 3 is 3.00 bits per heavy atom. The molecule has 6 nitrogen and oxygen atoms in total. The van der Waals surface area contributed by atoms with Crippen LogP contribution >= 0.6 is 0 Å². The maximum Gasteiger partial charge on any atom is 0.184 e. The van der Waals surface area contributed by atoms with E-state index in [0.717, 1.165) is 31.0 Å². The van der Waals surface area contributed by atoms with Crippen molar-refractivity contribution < 1.29 is 4.74 Å². The van der Waals surface area contributed by atoms with E-state index in [1.807, 2.05) is 28.9 Å². The average molecular weight is 259 g/mol. The zero-order valence-electron chi connectivity index (χ0n) is 10.9. The quantitative estimate of drug-likeness (QED) is 0.842. The second-order valence-electron chi connectivity index (χ2n) is 4.90. The van der Waals surface area contributed by atoms with Gasteiger partial charge >= 0.3 is 0 Å². The minimum Gasteiger partial charge on any atom is -0.398 e. The number of hydrogen-bond acceptors (Lipinski definition) is 5. The maximum atomic E-state index is 5.98. The van der Waals surface area contributed by atoms with E-state index in [4.69, 9.17) is 10.5 Å². The SMILES string of the molecule is CC1OCCC1Cn1nnnc1-c1ccccc1N. The average Bonchev–Trinajstić information content (AvgIpc) is 3.01. The van der Waals surface area contributed by atoms with Crippen molar-refractivity contribution in [2.24, 2.45) is 5.92 Å². The summed E-state index contributed by atoms with van der Waals surface area (Å²) in [7, 11) is 0. The van der Waals surface area contributed by atoms with Crippen molar-refractivity contribution in [2.75, 3.05) is 12.3 Å². The molecule has 19 heavy (non-hydrogen) atoms. The second-order valence-corrected chi connectivity index (χ2v) is 4.90. The molecule has 2 N–H and O–H groups in total. The normalized spacial score (nSPS) is 22.8. The van der Waals surface area contributed by atoms with Gasteiger partial charge in [0.15, 0.2) is 5.82 Å². The van der Waals surface area contributed by atoms with E-state index >= 15 is 0 Å². The molecular weight excluding hydrogens is 242 g/mol. The van der Waals surface area contributed by atoms with Gasteiger partial charge in [0.25, 0.3) is 0 Å². The third-order valence-electron chi connectivity index (χ3n) is 3.67. The van der Waals surface area contributed by atoms with Crippen LogP contribution in [0.1, 0.15) is 13.3 Å². The van der Waals surface area contributed by atoms with Crippen LogP contribution in [0, 0.1) is 5.92 Å². The predicted octanol–water partition coefficient (Wildman–Crippen LogP) is 1.35. The molecule has 0 aliphatic carbocycles. The highest BCUT2D eigenvalue weighted by atomic mass is 16.5. The molecule has 1 aliphatic rings. The molecule has 6 heteroatoms. The van der Waals surface area contributed by atoms with Gasteiger partial charge in [-0.15, -0.1) is 5.10 Å². The van der Waals surface area contributed by atoms with Crippen LogP contribution in [0.5, 0.6) is 0 Å². The first kappa shape index (κ1) is 12.1. The molecule has 2 aromatic rings. The monoisotopic (exact) mass is 259 g/mol. The van der Waals surface area contributed by atoms with Crippen molar-refractivity contribution in [1.29, 1.82) is 0 Å². The molecule has 2 atom stereocenters. The van der Waals surface area contributed by atoms with E-state index in [2.05, 4.69) is 22.4 Å². The summed E-state index contributed by atoms with van der Waals surface area (Å²) in [5.41, 5.74) is 7.55. The number of nitrogen functional groups attached to an aromatic ring is 1. The van der Waals surface area contributed by atoms with Crippen LogP contribution in [-0.4, -0.2) is 32.9 Å². The number of hydrogen-bond donors (Lipinski definition) is 1. The molecule has 0 bridgehead atoms. The number of nitrogens with zero attached hydrogens (tertiary/aromatic N) is 4. The lowest BCUT2D eigenvalue weighted by molar-refractivity contribution is 0.101. The highest BCUT2D eigenvalue weighted by Crippen LogP contribution is 2.26. The Kier molecular flexibility index (Phi) is 3.16. The van der Waals surface area contributed by atoms with Gasteiger partial charge in [-0.05, 0) is 35.9 Å². The van der Waals surface area contributed by atoms with E-state index in [-0.39, 0.29) is 6.10 Å². The molecule has 1 saturated heterocycles. The van der Waals surface area contributed by atoms with Crippen LogP contribution in [0.25, 0.3) is 11.4 Å². The largest absolute Gasteiger partial charge is 0.398 e. The fourth-order valence-corrected chi connectivity index (χ4v) is 2.46. The van der Waals surface area contributed by atoms with Gasteiger partial charge in [0, 0.05) is 23.8 Å². The number of anilines is 1. The van der Waals surface area contributed by atoms with Crippen molar-refractivity contribution in [2.45, 2.75) is 26.0 Å². The Labute approximate surface area is 111 Å². The van der Waals surface area contributed by atoms with Crippen LogP contribution in [0.15, 0.2) is 24.3 Å².